The number of nitrogens with zero attached hydrogens (tertiary/aromatic N) is 1. The molecule has 0 bridgehead atoms. The number of hydrogen-bond donors (Lipinski definition) is 0. The Kier molecular flexibility index (Phi) is 4.39. The Bertz CT molecular complexity index is 267. The lowest BCUT2D eigenvalue weighted by atomic mass is 10.2. The van der Waals surface area contributed by atoms with E-state index in [2.05, 4.69) is 17.8 Å². The van der Waals surface area contributed by atoms with E-state index in [9.17, 15) is 0 Å². The monoisotopic (exact) mass is 174 g/mol. The molecule has 0 heterocycles. The third kappa shape index (κ3) is 4.11. The largest absolute Gasteiger partial charge is 0.392 e. The van der Waals surface area contributed by atoms with Crippen LogP contribution < -0.4 is 0 Å². The molecule has 0 spiro atoms. The van der Waals surface area contributed by atoms with Crippen molar-refractivity contribution >= 4 is 6.21 Å². The van der Waals surface area contributed by atoms with E-state index in [4.69, 9.17) is 4.84 Å². The predicted octanol–water partition coefficient (Wildman–Crippen LogP) is 2.22. The number of benzene rings is 1. The van der Waals surface area contributed by atoms with Crippen LogP contribution in [-0.4, -0.2) is 12.8 Å². The van der Waals surface area contributed by atoms with Gasteiger partial charge in [-0.1, -0.05) is 42.1 Å². The van der Waals surface area contributed by atoms with Crippen LogP contribution in [0.15, 0.2) is 42.1 Å². The van der Waals surface area contributed by atoms with Gasteiger partial charge in [-0.05, 0) is 11.6 Å². The molecule has 2 nitrogen and oxygen atoms in total. The van der Waals surface area contributed by atoms with Crippen molar-refractivity contribution in [1.29, 1.82) is 0 Å². The Labute approximate surface area is 78.5 Å². The van der Waals surface area contributed by atoms with Gasteiger partial charge in [-0.2, -0.15) is 0 Å². The van der Waals surface area contributed by atoms with E-state index in [1.54, 1.807) is 12.3 Å². The van der Waals surface area contributed by atoms with Gasteiger partial charge < -0.3 is 4.84 Å². The maximum Gasteiger partial charge on any atom is 0.135 e. The van der Waals surface area contributed by atoms with Crippen LogP contribution in [0.4, 0.5) is 0 Å². The molecule has 0 aliphatic carbocycles. The van der Waals surface area contributed by atoms with Gasteiger partial charge in [0.25, 0.3) is 0 Å². The van der Waals surface area contributed by atoms with Crippen LogP contribution in [0.1, 0.15) is 5.56 Å². The lowest BCUT2D eigenvalue weighted by Crippen LogP contribution is -1.87. The van der Waals surface area contributed by atoms with Crippen LogP contribution in [0.3, 0.4) is 0 Å². The number of hydrogen-bond acceptors (Lipinski definition) is 2. The molecule has 0 aromatic heterocycles. The maximum absolute atomic E-state index is 4.84. The van der Waals surface area contributed by atoms with E-state index >= 15 is 0 Å². The zero-order valence-electron chi connectivity index (χ0n) is 7.44. The Hall–Kier alpha value is -1.57. The van der Waals surface area contributed by atoms with Gasteiger partial charge in [0.05, 0.1) is 0 Å². The second-order valence-corrected chi connectivity index (χ2v) is 2.46. The highest BCUT2D eigenvalue weighted by Gasteiger charge is 1.86. The average molecular weight is 174 g/mol. The third-order valence-corrected chi connectivity index (χ3v) is 1.43. The Balaban J connectivity index is 2.26. The first kappa shape index (κ1) is 9.52. The minimum Gasteiger partial charge on any atom is -0.392 e. The lowest BCUT2D eigenvalue weighted by molar-refractivity contribution is 0.176. The van der Waals surface area contributed by atoms with Crippen LogP contribution in [-0.2, 0) is 11.3 Å². The third-order valence-electron chi connectivity index (χ3n) is 1.43. The molecule has 1 radical (unpaired) electrons. The molecular formula is C11H12NO. The molecule has 1 rings (SSSR count). The van der Waals surface area contributed by atoms with Crippen LogP contribution in [0.2, 0.25) is 0 Å². The molecule has 0 aliphatic rings. The molecule has 0 unspecified atom stereocenters. The van der Waals surface area contributed by atoms with Crippen LogP contribution in [0.25, 0.3) is 0 Å². The fourth-order valence-corrected chi connectivity index (χ4v) is 0.842. The molecule has 2 heteroatoms. The molecular weight excluding hydrogens is 162 g/mol. The predicted molar refractivity (Wildman–Crippen MR) is 53.6 cm³/mol. The van der Waals surface area contributed by atoms with Gasteiger partial charge in [0.1, 0.15) is 6.61 Å². The molecule has 13 heavy (non-hydrogen) atoms. The lowest BCUT2D eigenvalue weighted by Gasteiger charge is -1.93. The van der Waals surface area contributed by atoms with Gasteiger partial charge in [-0.25, -0.2) is 0 Å². The van der Waals surface area contributed by atoms with Crippen molar-refractivity contribution < 1.29 is 4.84 Å². The molecule has 0 atom stereocenters. The summed E-state index contributed by atoms with van der Waals surface area (Å²) in [6, 6.07) is 10.9. The summed E-state index contributed by atoms with van der Waals surface area (Å²) in [5, 5.41) is 3.74. The van der Waals surface area contributed by atoms with Crippen molar-refractivity contribution in [2.75, 3.05) is 6.61 Å². The Morgan fingerprint density at radius 2 is 2.46 bits per heavy atom. The maximum atomic E-state index is 4.84. The first-order valence-corrected chi connectivity index (χ1v) is 4.14. The summed E-state index contributed by atoms with van der Waals surface area (Å²) in [5.41, 5.74) is 1.11. The topological polar surface area (TPSA) is 21.6 Å². The van der Waals surface area contributed by atoms with E-state index in [1.807, 2.05) is 24.3 Å². The normalized spacial score (nSPS) is 10.2. The quantitative estimate of drug-likeness (QED) is 0.290. The number of rotatable bonds is 5. The zero-order valence-corrected chi connectivity index (χ0v) is 7.44. The SMILES string of the molecule is C=CCON=CCc1[c]cccc1. The van der Waals surface area contributed by atoms with E-state index in [0.717, 1.165) is 12.0 Å². The van der Waals surface area contributed by atoms with Gasteiger partial charge in [0, 0.05) is 12.6 Å². The van der Waals surface area contributed by atoms with Crippen molar-refractivity contribution in [2.24, 2.45) is 5.16 Å². The molecule has 1 aromatic rings. The van der Waals surface area contributed by atoms with Gasteiger partial charge in [0.2, 0.25) is 0 Å². The Morgan fingerprint density at radius 3 is 3.15 bits per heavy atom. The second kappa shape index (κ2) is 6.00. The minimum absolute atomic E-state index is 0.453. The van der Waals surface area contributed by atoms with Crippen molar-refractivity contribution in [3.05, 3.63) is 48.6 Å². The van der Waals surface area contributed by atoms with E-state index in [1.165, 1.54) is 0 Å². The van der Waals surface area contributed by atoms with Crippen molar-refractivity contribution in [1.82, 2.24) is 0 Å². The summed E-state index contributed by atoms with van der Waals surface area (Å²) >= 11 is 0. The highest BCUT2D eigenvalue weighted by molar-refractivity contribution is 5.60. The first-order valence-electron chi connectivity index (χ1n) is 4.14. The summed E-state index contributed by atoms with van der Waals surface area (Å²) in [7, 11) is 0. The average Bonchev–Trinajstić information content (AvgIpc) is 2.19. The second-order valence-electron chi connectivity index (χ2n) is 2.46. The smallest absolute Gasteiger partial charge is 0.135 e. The zero-order chi connectivity index (χ0) is 9.36. The molecule has 0 saturated heterocycles. The molecule has 0 N–H and O–H groups in total. The summed E-state index contributed by atoms with van der Waals surface area (Å²) in [6.45, 7) is 3.96. The van der Waals surface area contributed by atoms with E-state index < -0.39 is 0 Å². The first-order chi connectivity index (χ1) is 6.43. The van der Waals surface area contributed by atoms with Crippen molar-refractivity contribution in [2.45, 2.75) is 6.42 Å². The molecule has 0 fully saturated rings. The highest BCUT2D eigenvalue weighted by atomic mass is 16.6. The van der Waals surface area contributed by atoms with Gasteiger partial charge in [-0.3, -0.25) is 0 Å². The number of oxime groups is 1. The fourth-order valence-electron chi connectivity index (χ4n) is 0.842. The van der Waals surface area contributed by atoms with Gasteiger partial charge in [0.15, 0.2) is 0 Å². The van der Waals surface area contributed by atoms with Crippen molar-refractivity contribution in [3.63, 3.8) is 0 Å². The van der Waals surface area contributed by atoms with Gasteiger partial charge in [-0.15, -0.1) is 0 Å². The van der Waals surface area contributed by atoms with Crippen LogP contribution in [0, 0.1) is 6.07 Å². The summed E-state index contributed by atoms with van der Waals surface area (Å²) in [6.07, 6.45) is 4.12. The molecule has 0 amide bonds. The highest BCUT2D eigenvalue weighted by Crippen LogP contribution is 1.96. The summed E-state index contributed by atoms with van der Waals surface area (Å²) in [4.78, 5) is 4.84. The molecule has 0 saturated carbocycles. The standard InChI is InChI=1S/C11H12NO/c1-2-10-13-12-9-8-11-6-4-3-5-7-11/h2-6,9H,1,8,10H2. The summed E-state index contributed by atoms with van der Waals surface area (Å²) in [5.74, 6) is 0. The van der Waals surface area contributed by atoms with E-state index in [0.29, 0.717) is 6.61 Å². The molecule has 1 aromatic carbocycles. The summed E-state index contributed by atoms with van der Waals surface area (Å²) < 4.78 is 0. The van der Waals surface area contributed by atoms with Gasteiger partial charge >= 0.3 is 0 Å². The molecule has 67 valence electrons. The molecule has 0 aliphatic heterocycles. The van der Waals surface area contributed by atoms with Crippen LogP contribution >= 0.6 is 0 Å². The Morgan fingerprint density at radius 1 is 1.54 bits per heavy atom. The van der Waals surface area contributed by atoms with E-state index in [-0.39, 0.29) is 0 Å². The van der Waals surface area contributed by atoms with Crippen LogP contribution in [0.5, 0.6) is 0 Å². The fraction of sp³-hybridized carbons (Fsp3) is 0.182. The minimum atomic E-state index is 0.453. The van der Waals surface area contributed by atoms with Crippen molar-refractivity contribution in [3.8, 4) is 0 Å².